The summed E-state index contributed by atoms with van der Waals surface area (Å²) in [4.78, 5) is 10.7. The number of thiazole rings is 1. The molecule has 1 aliphatic rings. The molecule has 0 saturated heterocycles. The minimum Gasteiger partial charge on any atom is -0.377 e. The van der Waals surface area contributed by atoms with Crippen LogP contribution in [0.3, 0.4) is 0 Å². The Balaban J connectivity index is 1.40. The number of hydrogen-bond donors (Lipinski definition) is 1. The van der Waals surface area contributed by atoms with E-state index < -0.39 is 0 Å². The lowest BCUT2D eigenvalue weighted by Crippen LogP contribution is -2.11. The number of rotatable bonds is 6. The van der Waals surface area contributed by atoms with Gasteiger partial charge in [-0.25, -0.2) is 9.97 Å². The van der Waals surface area contributed by atoms with Crippen molar-refractivity contribution in [2.75, 3.05) is 12.4 Å². The van der Waals surface area contributed by atoms with Crippen molar-refractivity contribution >= 4 is 28.0 Å². The van der Waals surface area contributed by atoms with E-state index in [0.717, 1.165) is 28.8 Å². The fourth-order valence-electron chi connectivity index (χ4n) is 3.18. The molecule has 1 atom stereocenters. The van der Waals surface area contributed by atoms with Crippen LogP contribution < -0.4 is 5.32 Å². The Bertz CT molecular complexity index is 831. The molecule has 0 radical (unpaired) electrons. The summed E-state index contributed by atoms with van der Waals surface area (Å²) in [5.41, 5.74) is 2.73. The van der Waals surface area contributed by atoms with Gasteiger partial charge < -0.3 is 10.1 Å². The van der Waals surface area contributed by atoms with Gasteiger partial charge in [-0.1, -0.05) is 30.3 Å². The number of nitrogens with one attached hydrogen (secondary N) is 1. The van der Waals surface area contributed by atoms with Crippen LogP contribution >= 0.6 is 22.9 Å². The molecule has 25 heavy (non-hydrogen) atoms. The van der Waals surface area contributed by atoms with Crippen LogP contribution in [0.5, 0.6) is 0 Å². The van der Waals surface area contributed by atoms with Crippen LogP contribution in [0.4, 0.5) is 5.13 Å². The summed E-state index contributed by atoms with van der Waals surface area (Å²) in [5, 5.41) is 5.28. The largest absolute Gasteiger partial charge is 0.377 e. The van der Waals surface area contributed by atoms with Crippen LogP contribution in [0, 0.1) is 0 Å². The first-order valence-corrected chi connectivity index (χ1v) is 9.98. The van der Waals surface area contributed by atoms with Crippen molar-refractivity contribution in [3.05, 3.63) is 57.3 Å². The van der Waals surface area contributed by atoms with Gasteiger partial charge in [0.05, 0.1) is 12.2 Å². The van der Waals surface area contributed by atoms with E-state index in [-0.39, 0.29) is 0 Å². The molecular weight excluding hydrogens is 352 g/mol. The molecule has 1 N–H and O–H groups in total. The normalized spacial score (nSPS) is 16.6. The summed E-state index contributed by atoms with van der Waals surface area (Å²) in [5.74, 6) is 1.34. The number of fused-ring (bicyclic) bond motifs is 1. The second kappa shape index (κ2) is 7.59. The highest BCUT2D eigenvalue weighted by atomic mass is 32.1. The lowest BCUT2D eigenvalue weighted by Gasteiger charge is -2.21. The average Bonchev–Trinajstić information content (AvgIpc) is 3.26. The lowest BCUT2D eigenvalue weighted by molar-refractivity contribution is 0.179. The van der Waals surface area contributed by atoms with Gasteiger partial charge >= 0.3 is 0 Å². The first-order valence-electron chi connectivity index (χ1n) is 8.39. The van der Waals surface area contributed by atoms with Crippen molar-refractivity contribution in [3.8, 4) is 0 Å². The van der Waals surface area contributed by atoms with Crippen LogP contribution in [-0.4, -0.2) is 21.5 Å². The fourth-order valence-corrected chi connectivity index (χ4v) is 4.88. The Morgan fingerprint density at radius 3 is 2.96 bits per heavy atom. The molecule has 1 aromatic carbocycles. The quantitative estimate of drug-likeness (QED) is 0.708. The van der Waals surface area contributed by atoms with Crippen molar-refractivity contribution < 1.29 is 4.74 Å². The molecule has 130 valence electrons. The second-order valence-electron chi connectivity index (χ2n) is 6.13. The van der Waals surface area contributed by atoms with Crippen LogP contribution in [0.15, 0.2) is 30.3 Å². The van der Waals surface area contributed by atoms with E-state index >= 15 is 0 Å². The molecule has 5 nitrogen and oxygen atoms in total. The van der Waals surface area contributed by atoms with Crippen LogP contribution in [0.2, 0.25) is 0 Å². The minimum atomic E-state index is 0.449. The highest BCUT2D eigenvalue weighted by Gasteiger charge is 2.23. The van der Waals surface area contributed by atoms with E-state index in [1.807, 2.05) is 11.3 Å². The maximum atomic E-state index is 5.05. The van der Waals surface area contributed by atoms with E-state index in [9.17, 15) is 0 Å². The SMILES string of the molecule is COCc1nsc(NCc2nc3c(s2)CC(c2ccccc2)CC3)n1. The summed E-state index contributed by atoms with van der Waals surface area (Å²) in [7, 11) is 1.65. The van der Waals surface area contributed by atoms with Crippen molar-refractivity contribution in [2.24, 2.45) is 0 Å². The maximum absolute atomic E-state index is 5.05. The highest BCUT2D eigenvalue weighted by molar-refractivity contribution is 7.12. The van der Waals surface area contributed by atoms with Gasteiger partial charge in [0.15, 0.2) is 5.82 Å². The van der Waals surface area contributed by atoms with E-state index in [0.29, 0.717) is 19.1 Å². The average molecular weight is 373 g/mol. The molecule has 0 bridgehead atoms. The van der Waals surface area contributed by atoms with Gasteiger partial charge in [0.1, 0.15) is 11.6 Å². The predicted molar refractivity (Wildman–Crippen MR) is 101 cm³/mol. The van der Waals surface area contributed by atoms with Gasteiger partial charge in [-0.3, -0.25) is 0 Å². The smallest absolute Gasteiger partial charge is 0.203 e. The van der Waals surface area contributed by atoms with Crippen LogP contribution in [0.25, 0.3) is 0 Å². The molecule has 0 aliphatic heterocycles. The summed E-state index contributed by atoms with van der Waals surface area (Å²) in [6.45, 7) is 1.15. The predicted octanol–water partition coefficient (Wildman–Crippen LogP) is 4.03. The summed E-state index contributed by atoms with van der Waals surface area (Å²) >= 11 is 3.19. The third kappa shape index (κ3) is 3.89. The summed E-state index contributed by atoms with van der Waals surface area (Å²) in [6.07, 6.45) is 3.36. The fraction of sp³-hybridized carbons (Fsp3) is 0.389. The first-order chi connectivity index (χ1) is 12.3. The molecule has 2 aromatic heterocycles. The van der Waals surface area contributed by atoms with Crippen molar-refractivity contribution in [3.63, 3.8) is 0 Å². The highest BCUT2D eigenvalue weighted by Crippen LogP contribution is 2.35. The van der Waals surface area contributed by atoms with Gasteiger partial charge in [-0.15, -0.1) is 11.3 Å². The number of anilines is 1. The third-order valence-corrected chi connectivity index (χ3v) is 6.22. The number of hydrogen-bond acceptors (Lipinski definition) is 7. The Labute approximate surface area is 155 Å². The zero-order chi connectivity index (χ0) is 17.1. The first kappa shape index (κ1) is 16.6. The third-order valence-electron chi connectivity index (χ3n) is 4.39. The van der Waals surface area contributed by atoms with Crippen LogP contribution in [0.1, 0.15) is 39.3 Å². The van der Waals surface area contributed by atoms with Crippen molar-refractivity contribution in [1.82, 2.24) is 14.3 Å². The van der Waals surface area contributed by atoms with Gasteiger partial charge in [-0.05, 0) is 30.7 Å². The molecule has 3 aromatic rings. The number of nitrogens with zero attached hydrogens (tertiary/aromatic N) is 3. The van der Waals surface area contributed by atoms with Gasteiger partial charge in [0.25, 0.3) is 0 Å². The Morgan fingerprint density at radius 2 is 2.12 bits per heavy atom. The molecule has 4 rings (SSSR count). The molecule has 2 heterocycles. The monoisotopic (exact) mass is 372 g/mol. The topological polar surface area (TPSA) is 59.9 Å². The molecule has 0 fully saturated rings. The van der Waals surface area contributed by atoms with E-state index in [2.05, 4.69) is 45.0 Å². The molecule has 1 aliphatic carbocycles. The van der Waals surface area contributed by atoms with E-state index in [4.69, 9.17) is 9.72 Å². The Kier molecular flexibility index (Phi) is 5.05. The van der Waals surface area contributed by atoms with Crippen molar-refractivity contribution in [1.29, 1.82) is 0 Å². The van der Waals surface area contributed by atoms with E-state index in [1.54, 1.807) is 7.11 Å². The van der Waals surface area contributed by atoms with Gasteiger partial charge in [-0.2, -0.15) is 4.37 Å². The Hall–Kier alpha value is -1.83. The minimum absolute atomic E-state index is 0.449. The molecule has 7 heteroatoms. The maximum Gasteiger partial charge on any atom is 0.203 e. The number of ether oxygens (including phenoxy) is 1. The number of aryl methyl sites for hydroxylation is 1. The van der Waals surface area contributed by atoms with Gasteiger partial charge in [0.2, 0.25) is 5.13 Å². The summed E-state index contributed by atoms with van der Waals surface area (Å²) < 4.78 is 9.30. The molecule has 0 saturated carbocycles. The zero-order valence-electron chi connectivity index (χ0n) is 14.1. The molecule has 1 unspecified atom stereocenters. The molecular formula is C18H20N4OS2. The Morgan fingerprint density at radius 1 is 1.24 bits per heavy atom. The standard InChI is InChI=1S/C18H20N4OS2/c1-23-11-16-21-18(25-22-16)19-10-17-20-14-8-7-13(9-15(14)24-17)12-5-3-2-4-6-12/h2-6,13H,7-11H2,1H3,(H,19,21,22). The summed E-state index contributed by atoms with van der Waals surface area (Å²) in [6, 6.07) is 10.8. The van der Waals surface area contributed by atoms with E-state index in [1.165, 1.54) is 34.1 Å². The number of benzene rings is 1. The van der Waals surface area contributed by atoms with Gasteiger partial charge in [0, 0.05) is 23.5 Å². The second-order valence-corrected chi connectivity index (χ2v) is 8.05. The van der Waals surface area contributed by atoms with Crippen LogP contribution in [-0.2, 0) is 30.7 Å². The number of methoxy groups -OCH3 is 1. The molecule has 0 spiro atoms. The van der Waals surface area contributed by atoms with Crippen molar-refractivity contribution in [2.45, 2.75) is 38.3 Å². The molecule has 0 amide bonds. The zero-order valence-corrected chi connectivity index (χ0v) is 15.7. The lowest BCUT2D eigenvalue weighted by atomic mass is 9.85. The number of aromatic nitrogens is 3.